The molecular weight excluding hydrogens is 363 g/mol. The van der Waals surface area contributed by atoms with Crippen LogP contribution in [-0.2, 0) is 14.3 Å². The molecule has 0 bridgehead atoms. The molecule has 2 rings (SSSR count). The lowest BCUT2D eigenvalue weighted by atomic mass is 9.80. The first-order valence-electron chi connectivity index (χ1n) is 9.08. The van der Waals surface area contributed by atoms with Gasteiger partial charge in [-0.1, -0.05) is 19.4 Å². The molecule has 0 radical (unpaired) electrons. The van der Waals surface area contributed by atoms with Crippen LogP contribution in [0.3, 0.4) is 0 Å². The van der Waals surface area contributed by atoms with Gasteiger partial charge in [-0.05, 0) is 19.4 Å². The number of carbonyl (C=O) groups excluding carboxylic acids is 1. The van der Waals surface area contributed by atoms with Crippen molar-refractivity contribution in [1.82, 2.24) is 5.32 Å². The monoisotopic (exact) mass is 388 g/mol. The van der Waals surface area contributed by atoms with Crippen molar-refractivity contribution in [3.63, 3.8) is 0 Å². The van der Waals surface area contributed by atoms with Crippen LogP contribution < -0.4 is 10.1 Å². The summed E-state index contributed by atoms with van der Waals surface area (Å²) in [7, 11) is 2.93. The maximum absolute atomic E-state index is 13.7. The standard InChI is InChI=1S/C21H25FN2O4/c1-5-6-9-28-21(25)20-17(12-26-3)24-13(2)16(11-23)19(20)15-8-7-14(22)10-18(15)27-4/h7-8,10,19,24H,5-6,9,12H2,1-4H3. The molecule has 1 aliphatic rings. The van der Waals surface area contributed by atoms with Crippen LogP contribution in [0.2, 0.25) is 0 Å². The molecule has 28 heavy (non-hydrogen) atoms. The maximum Gasteiger partial charge on any atom is 0.336 e. The number of allylic oxidation sites excluding steroid dienone is 2. The van der Waals surface area contributed by atoms with Crippen LogP contribution in [0.25, 0.3) is 0 Å². The van der Waals surface area contributed by atoms with Gasteiger partial charge in [-0.2, -0.15) is 5.26 Å². The molecule has 1 aromatic carbocycles. The number of methoxy groups -OCH3 is 2. The van der Waals surface area contributed by atoms with Gasteiger partial charge in [0, 0.05) is 24.4 Å². The summed E-state index contributed by atoms with van der Waals surface area (Å²) in [5.74, 6) is -1.50. The lowest BCUT2D eigenvalue weighted by Crippen LogP contribution is -2.32. The number of nitrogens with zero attached hydrogens (tertiary/aromatic N) is 1. The van der Waals surface area contributed by atoms with Gasteiger partial charge < -0.3 is 19.5 Å². The first-order valence-corrected chi connectivity index (χ1v) is 9.08. The van der Waals surface area contributed by atoms with E-state index in [4.69, 9.17) is 14.2 Å². The van der Waals surface area contributed by atoms with Gasteiger partial charge in [-0.3, -0.25) is 0 Å². The first-order chi connectivity index (χ1) is 13.5. The number of hydrogen-bond acceptors (Lipinski definition) is 6. The Kier molecular flexibility index (Phi) is 7.59. The van der Waals surface area contributed by atoms with Crippen molar-refractivity contribution in [3.8, 4) is 11.8 Å². The Morgan fingerprint density at radius 2 is 2.11 bits per heavy atom. The predicted octanol–water partition coefficient (Wildman–Crippen LogP) is 3.56. The Morgan fingerprint density at radius 3 is 2.71 bits per heavy atom. The van der Waals surface area contributed by atoms with Crippen molar-refractivity contribution in [2.75, 3.05) is 27.4 Å². The molecule has 150 valence electrons. The summed E-state index contributed by atoms with van der Waals surface area (Å²) in [5.41, 5.74) is 2.22. The van der Waals surface area contributed by atoms with E-state index in [0.29, 0.717) is 22.5 Å². The Morgan fingerprint density at radius 1 is 1.36 bits per heavy atom. The summed E-state index contributed by atoms with van der Waals surface area (Å²) in [4.78, 5) is 13.0. The van der Waals surface area contributed by atoms with Crippen LogP contribution in [0.5, 0.6) is 5.75 Å². The zero-order valence-corrected chi connectivity index (χ0v) is 16.6. The predicted molar refractivity (Wildman–Crippen MR) is 102 cm³/mol. The molecule has 0 aliphatic carbocycles. The number of nitriles is 1. The van der Waals surface area contributed by atoms with E-state index in [2.05, 4.69) is 11.4 Å². The molecule has 1 aliphatic heterocycles. The van der Waals surface area contributed by atoms with Gasteiger partial charge >= 0.3 is 5.97 Å². The molecule has 0 amide bonds. The third-order valence-electron chi connectivity index (χ3n) is 4.51. The molecule has 1 unspecified atom stereocenters. The number of carbonyl (C=O) groups is 1. The highest BCUT2D eigenvalue weighted by Crippen LogP contribution is 2.42. The lowest BCUT2D eigenvalue weighted by molar-refractivity contribution is -0.139. The summed E-state index contributed by atoms with van der Waals surface area (Å²) in [6, 6.07) is 6.21. The summed E-state index contributed by atoms with van der Waals surface area (Å²) >= 11 is 0. The molecule has 0 spiro atoms. The van der Waals surface area contributed by atoms with Crippen LogP contribution >= 0.6 is 0 Å². The fraction of sp³-hybridized carbons (Fsp3) is 0.429. The van der Waals surface area contributed by atoms with E-state index in [1.54, 1.807) is 6.92 Å². The molecule has 1 heterocycles. The number of esters is 1. The zero-order valence-electron chi connectivity index (χ0n) is 16.6. The van der Waals surface area contributed by atoms with Gasteiger partial charge in [-0.15, -0.1) is 0 Å². The number of rotatable bonds is 8. The number of nitrogens with one attached hydrogen (secondary N) is 1. The molecule has 0 saturated heterocycles. The average Bonchev–Trinajstić information content (AvgIpc) is 2.67. The van der Waals surface area contributed by atoms with Crippen molar-refractivity contribution >= 4 is 5.97 Å². The number of dihydropyridines is 1. The highest BCUT2D eigenvalue weighted by Gasteiger charge is 2.37. The molecule has 1 N–H and O–H groups in total. The van der Waals surface area contributed by atoms with E-state index >= 15 is 0 Å². The van der Waals surface area contributed by atoms with E-state index in [-0.39, 0.29) is 24.5 Å². The second-order valence-corrected chi connectivity index (χ2v) is 6.41. The zero-order chi connectivity index (χ0) is 20.7. The molecule has 0 fully saturated rings. The topological polar surface area (TPSA) is 80.6 Å². The van der Waals surface area contributed by atoms with Gasteiger partial charge in [0.2, 0.25) is 0 Å². The fourth-order valence-corrected chi connectivity index (χ4v) is 3.17. The van der Waals surface area contributed by atoms with Crippen molar-refractivity contribution in [3.05, 3.63) is 52.1 Å². The third-order valence-corrected chi connectivity index (χ3v) is 4.51. The number of hydrogen-bond donors (Lipinski definition) is 1. The summed E-state index contributed by atoms with van der Waals surface area (Å²) in [5, 5.41) is 12.9. The molecule has 0 saturated carbocycles. The number of benzene rings is 1. The highest BCUT2D eigenvalue weighted by atomic mass is 19.1. The Balaban J connectivity index is 2.64. The Hall–Kier alpha value is -2.85. The molecule has 0 aromatic heterocycles. The molecule has 6 nitrogen and oxygen atoms in total. The summed E-state index contributed by atoms with van der Waals surface area (Å²) in [6.45, 7) is 4.15. The minimum atomic E-state index is -0.749. The molecule has 1 atom stereocenters. The van der Waals surface area contributed by atoms with Crippen molar-refractivity contribution in [2.45, 2.75) is 32.6 Å². The summed E-state index contributed by atoms with van der Waals surface area (Å²) in [6.07, 6.45) is 1.61. The van der Waals surface area contributed by atoms with Gasteiger partial charge in [0.05, 0.1) is 49.2 Å². The number of halogens is 1. The lowest BCUT2D eigenvalue weighted by Gasteiger charge is -2.30. The van der Waals surface area contributed by atoms with E-state index in [0.717, 1.165) is 12.8 Å². The van der Waals surface area contributed by atoms with Crippen molar-refractivity contribution in [2.24, 2.45) is 0 Å². The van der Waals surface area contributed by atoms with Gasteiger partial charge in [0.15, 0.2) is 0 Å². The smallest absolute Gasteiger partial charge is 0.336 e. The van der Waals surface area contributed by atoms with Gasteiger partial charge in [0.25, 0.3) is 0 Å². The minimum absolute atomic E-state index is 0.133. The van der Waals surface area contributed by atoms with Crippen LogP contribution in [0.4, 0.5) is 4.39 Å². The van der Waals surface area contributed by atoms with Crippen LogP contribution in [0.15, 0.2) is 40.7 Å². The summed E-state index contributed by atoms with van der Waals surface area (Å²) < 4.78 is 29.7. The SMILES string of the molecule is CCCCOC(=O)C1=C(COC)NC(C)=C(C#N)C1c1ccc(F)cc1OC. The quantitative estimate of drug-likeness (QED) is 0.542. The molecule has 1 aromatic rings. The van der Waals surface area contributed by atoms with Crippen molar-refractivity contribution in [1.29, 1.82) is 5.26 Å². The fourth-order valence-electron chi connectivity index (χ4n) is 3.17. The van der Waals surface area contributed by atoms with Crippen molar-refractivity contribution < 1.29 is 23.4 Å². The first kappa shape index (κ1) is 21.5. The third kappa shape index (κ3) is 4.52. The van der Waals surface area contributed by atoms with E-state index in [9.17, 15) is 14.4 Å². The van der Waals surface area contributed by atoms with Crippen LogP contribution in [0, 0.1) is 17.1 Å². The van der Waals surface area contributed by atoms with Crippen LogP contribution in [0.1, 0.15) is 38.2 Å². The highest BCUT2D eigenvalue weighted by molar-refractivity contribution is 5.93. The van der Waals surface area contributed by atoms with Gasteiger partial charge in [-0.25, -0.2) is 9.18 Å². The second-order valence-electron chi connectivity index (χ2n) is 6.41. The van der Waals surface area contributed by atoms with E-state index in [1.807, 2.05) is 6.92 Å². The number of ether oxygens (including phenoxy) is 3. The number of unbranched alkanes of at least 4 members (excludes halogenated alkanes) is 1. The van der Waals surface area contributed by atoms with E-state index in [1.165, 1.54) is 32.4 Å². The molecule has 7 heteroatoms. The second kappa shape index (κ2) is 9.90. The normalized spacial score (nSPS) is 16.5. The Bertz CT molecular complexity index is 839. The van der Waals surface area contributed by atoms with Gasteiger partial charge in [0.1, 0.15) is 11.6 Å². The van der Waals surface area contributed by atoms with E-state index < -0.39 is 17.7 Å². The van der Waals surface area contributed by atoms with Crippen LogP contribution in [-0.4, -0.2) is 33.4 Å². The Labute approximate surface area is 164 Å². The maximum atomic E-state index is 13.7. The largest absolute Gasteiger partial charge is 0.496 e. The minimum Gasteiger partial charge on any atom is -0.496 e. The average molecular weight is 388 g/mol. The molecular formula is C21H25FN2O4.